The molecule has 0 aliphatic carbocycles. The SMILES string of the molecule is CCCN(CCO)C(=O)Cc1c[nH]c2ccc(Cl)cc12. The summed E-state index contributed by atoms with van der Waals surface area (Å²) in [6, 6.07) is 5.59. The molecule has 0 unspecified atom stereocenters. The summed E-state index contributed by atoms with van der Waals surface area (Å²) in [5, 5.41) is 10.7. The molecule has 2 N–H and O–H groups in total. The largest absolute Gasteiger partial charge is 0.395 e. The van der Waals surface area contributed by atoms with Crippen molar-refractivity contribution < 1.29 is 9.90 Å². The lowest BCUT2D eigenvalue weighted by atomic mass is 10.1. The number of benzene rings is 1. The summed E-state index contributed by atoms with van der Waals surface area (Å²) in [6.07, 6.45) is 3.05. The Morgan fingerprint density at radius 2 is 2.20 bits per heavy atom. The van der Waals surface area contributed by atoms with Crippen LogP contribution < -0.4 is 0 Å². The second kappa shape index (κ2) is 6.77. The first-order chi connectivity index (χ1) is 9.65. The minimum atomic E-state index is -0.00848. The number of carbonyl (C=O) groups is 1. The first-order valence-corrected chi connectivity index (χ1v) is 7.17. The van der Waals surface area contributed by atoms with E-state index in [1.807, 2.05) is 31.3 Å². The highest BCUT2D eigenvalue weighted by Gasteiger charge is 2.15. The van der Waals surface area contributed by atoms with Crippen molar-refractivity contribution in [2.75, 3.05) is 19.7 Å². The molecule has 0 bridgehead atoms. The zero-order chi connectivity index (χ0) is 14.5. The molecule has 1 aromatic carbocycles. The molecule has 108 valence electrons. The normalized spacial score (nSPS) is 10.9. The molecule has 0 fully saturated rings. The Morgan fingerprint density at radius 1 is 1.40 bits per heavy atom. The standard InChI is InChI=1S/C15H19ClN2O2/c1-2-5-18(6-7-19)15(20)8-11-10-17-14-4-3-12(16)9-13(11)14/h3-4,9-10,17,19H,2,5-8H2,1H3. The number of aliphatic hydroxyl groups excluding tert-OH is 1. The molecule has 1 amide bonds. The van der Waals surface area contributed by atoms with E-state index in [2.05, 4.69) is 4.98 Å². The summed E-state index contributed by atoms with van der Waals surface area (Å²) in [5.41, 5.74) is 1.91. The van der Waals surface area contributed by atoms with Gasteiger partial charge in [-0.15, -0.1) is 0 Å². The Bertz CT molecular complexity index is 589. The molecule has 0 atom stereocenters. The molecule has 5 heteroatoms. The quantitative estimate of drug-likeness (QED) is 0.860. The average molecular weight is 295 g/mol. The lowest BCUT2D eigenvalue weighted by Crippen LogP contribution is -2.35. The Labute approximate surface area is 123 Å². The van der Waals surface area contributed by atoms with Gasteiger partial charge in [-0.05, 0) is 30.2 Å². The molecule has 4 nitrogen and oxygen atoms in total. The van der Waals surface area contributed by atoms with E-state index in [0.717, 1.165) is 22.9 Å². The third-order valence-corrected chi connectivity index (χ3v) is 3.52. The van der Waals surface area contributed by atoms with Gasteiger partial charge in [0.1, 0.15) is 0 Å². The number of rotatable bonds is 6. The number of fused-ring (bicyclic) bond motifs is 1. The van der Waals surface area contributed by atoms with Gasteiger partial charge in [0.2, 0.25) is 5.91 Å². The topological polar surface area (TPSA) is 56.3 Å². The number of carbonyl (C=O) groups excluding carboxylic acids is 1. The van der Waals surface area contributed by atoms with Crippen LogP contribution in [0.1, 0.15) is 18.9 Å². The highest BCUT2D eigenvalue weighted by Crippen LogP contribution is 2.23. The third kappa shape index (κ3) is 3.32. The van der Waals surface area contributed by atoms with E-state index in [4.69, 9.17) is 16.7 Å². The fourth-order valence-electron chi connectivity index (χ4n) is 2.32. The number of aliphatic hydroxyl groups is 1. The van der Waals surface area contributed by atoms with Crippen LogP contribution in [-0.4, -0.2) is 40.6 Å². The number of hydrogen-bond donors (Lipinski definition) is 2. The molecule has 20 heavy (non-hydrogen) atoms. The van der Waals surface area contributed by atoms with Gasteiger partial charge in [0.25, 0.3) is 0 Å². The number of aromatic amines is 1. The summed E-state index contributed by atoms with van der Waals surface area (Å²) >= 11 is 6.00. The van der Waals surface area contributed by atoms with Gasteiger partial charge in [-0.2, -0.15) is 0 Å². The lowest BCUT2D eigenvalue weighted by Gasteiger charge is -2.20. The molecule has 2 rings (SSSR count). The Kier molecular flexibility index (Phi) is 5.04. The van der Waals surface area contributed by atoms with Crippen molar-refractivity contribution >= 4 is 28.4 Å². The molecule has 0 spiro atoms. The highest BCUT2D eigenvalue weighted by molar-refractivity contribution is 6.31. The second-order valence-electron chi connectivity index (χ2n) is 4.78. The van der Waals surface area contributed by atoms with Gasteiger partial charge < -0.3 is 15.0 Å². The van der Waals surface area contributed by atoms with Crippen LogP contribution in [0, 0.1) is 0 Å². The van der Waals surface area contributed by atoms with Crippen LogP contribution in [0.5, 0.6) is 0 Å². The molecule has 1 heterocycles. The zero-order valence-electron chi connectivity index (χ0n) is 11.5. The molecule has 0 saturated heterocycles. The minimum absolute atomic E-state index is 0.00848. The van der Waals surface area contributed by atoms with E-state index < -0.39 is 0 Å². The van der Waals surface area contributed by atoms with Crippen molar-refractivity contribution in [3.8, 4) is 0 Å². The maximum Gasteiger partial charge on any atom is 0.227 e. The predicted octanol–water partition coefficient (Wildman–Crippen LogP) is 2.59. The van der Waals surface area contributed by atoms with Crippen molar-refractivity contribution in [3.05, 3.63) is 35.0 Å². The molecule has 0 aliphatic heterocycles. The Hall–Kier alpha value is -1.52. The van der Waals surface area contributed by atoms with Crippen LogP contribution >= 0.6 is 11.6 Å². The van der Waals surface area contributed by atoms with E-state index in [9.17, 15) is 4.79 Å². The number of nitrogens with one attached hydrogen (secondary N) is 1. The van der Waals surface area contributed by atoms with Crippen molar-refractivity contribution in [1.82, 2.24) is 9.88 Å². The van der Waals surface area contributed by atoms with E-state index in [-0.39, 0.29) is 12.5 Å². The third-order valence-electron chi connectivity index (χ3n) is 3.29. The van der Waals surface area contributed by atoms with Crippen LogP contribution in [-0.2, 0) is 11.2 Å². The number of amides is 1. The van der Waals surface area contributed by atoms with E-state index in [1.165, 1.54) is 0 Å². The van der Waals surface area contributed by atoms with Gasteiger partial charge >= 0.3 is 0 Å². The van der Waals surface area contributed by atoms with Gasteiger partial charge in [0, 0.05) is 35.2 Å². The summed E-state index contributed by atoms with van der Waals surface area (Å²) in [7, 11) is 0. The van der Waals surface area contributed by atoms with E-state index in [0.29, 0.717) is 24.5 Å². The molecule has 0 saturated carbocycles. The second-order valence-corrected chi connectivity index (χ2v) is 5.22. The summed E-state index contributed by atoms with van der Waals surface area (Å²) in [4.78, 5) is 17.1. The van der Waals surface area contributed by atoms with Crippen molar-refractivity contribution in [3.63, 3.8) is 0 Å². The first kappa shape index (κ1) is 14.9. The molecule has 2 aromatic rings. The number of nitrogens with zero attached hydrogens (tertiary/aromatic N) is 1. The predicted molar refractivity (Wildman–Crippen MR) is 81.0 cm³/mol. The van der Waals surface area contributed by atoms with Crippen LogP contribution in [0.15, 0.2) is 24.4 Å². The first-order valence-electron chi connectivity index (χ1n) is 6.79. The van der Waals surface area contributed by atoms with Crippen LogP contribution in [0.2, 0.25) is 5.02 Å². The van der Waals surface area contributed by atoms with Crippen LogP contribution in [0.3, 0.4) is 0 Å². The van der Waals surface area contributed by atoms with E-state index in [1.54, 1.807) is 4.90 Å². The highest BCUT2D eigenvalue weighted by atomic mass is 35.5. The Morgan fingerprint density at radius 3 is 2.90 bits per heavy atom. The van der Waals surface area contributed by atoms with Gasteiger partial charge in [-0.25, -0.2) is 0 Å². The van der Waals surface area contributed by atoms with Crippen molar-refractivity contribution in [2.45, 2.75) is 19.8 Å². The van der Waals surface area contributed by atoms with Crippen molar-refractivity contribution in [2.24, 2.45) is 0 Å². The van der Waals surface area contributed by atoms with E-state index >= 15 is 0 Å². The minimum Gasteiger partial charge on any atom is -0.395 e. The number of H-pyrrole nitrogens is 1. The number of halogens is 1. The number of hydrogen-bond acceptors (Lipinski definition) is 2. The molecule has 1 aromatic heterocycles. The molecular formula is C15H19ClN2O2. The summed E-state index contributed by atoms with van der Waals surface area (Å²) < 4.78 is 0. The fraction of sp³-hybridized carbons (Fsp3) is 0.400. The maximum atomic E-state index is 12.3. The zero-order valence-corrected chi connectivity index (χ0v) is 12.3. The van der Waals surface area contributed by atoms with Crippen LogP contribution in [0.4, 0.5) is 0 Å². The fourth-order valence-corrected chi connectivity index (χ4v) is 2.50. The van der Waals surface area contributed by atoms with Crippen molar-refractivity contribution in [1.29, 1.82) is 0 Å². The number of aromatic nitrogens is 1. The van der Waals surface area contributed by atoms with Crippen LogP contribution in [0.25, 0.3) is 10.9 Å². The maximum absolute atomic E-state index is 12.3. The summed E-state index contributed by atoms with van der Waals surface area (Å²) in [5.74, 6) is 0.0294. The molecule has 0 aliphatic rings. The summed E-state index contributed by atoms with van der Waals surface area (Å²) in [6.45, 7) is 3.06. The molecule has 0 radical (unpaired) electrons. The van der Waals surface area contributed by atoms with Gasteiger partial charge in [0.05, 0.1) is 13.0 Å². The lowest BCUT2D eigenvalue weighted by molar-refractivity contribution is -0.131. The Balaban J connectivity index is 2.18. The monoisotopic (exact) mass is 294 g/mol. The van der Waals surface area contributed by atoms with Gasteiger partial charge in [-0.1, -0.05) is 18.5 Å². The average Bonchev–Trinajstić information content (AvgIpc) is 2.81. The molecular weight excluding hydrogens is 276 g/mol. The van der Waals surface area contributed by atoms with Gasteiger partial charge in [0.15, 0.2) is 0 Å². The van der Waals surface area contributed by atoms with Gasteiger partial charge in [-0.3, -0.25) is 4.79 Å². The smallest absolute Gasteiger partial charge is 0.227 e.